The summed E-state index contributed by atoms with van der Waals surface area (Å²) in [4.78, 5) is 23.5. The van der Waals surface area contributed by atoms with Gasteiger partial charge in [0.2, 0.25) is 0 Å². The van der Waals surface area contributed by atoms with Crippen molar-refractivity contribution in [2.24, 2.45) is 0 Å². The van der Waals surface area contributed by atoms with Crippen LogP contribution in [-0.2, 0) is 15.6 Å². The molecule has 2 aromatic heterocycles. The van der Waals surface area contributed by atoms with E-state index in [0.29, 0.717) is 22.9 Å². The number of hydrogen-bond donors (Lipinski definition) is 0. The number of para-hydroxylation sites is 1. The van der Waals surface area contributed by atoms with E-state index in [0.717, 1.165) is 10.9 Å². The van der Waals surface area contributed by atoms with Crippen molar-refractivity contribution >= 4 is 38.5 Å². The van der Waals surface area contributed by atoms with Gasteiger partial charge in [-0.15, -0.1) is 6.58 Å². The van der Waals surface area contributed by atoms with Crippen LogP contribution in [0.1, 0.15) is 22.5 Å². The Balaban J connectivity index is 1.69. The Morgan fingerprint density at radius 3 is 2.73 bits per heavy atom. The average molecular weight is 444 g/mol. The lowest BCUT2D eigenvalue weighted by molar-refractivity contribution is 0.0689. The lowest BCUT2D eigenvalue weighted by Crippen LogP contribution is -2.41. The van der Waals surface area contributed by atoms with E-state index in [2.05, 4.69) is 16.5 Å². The molecule has 1 unspecified atom stereocenters. The molecule has 4 rings (SSSR count). The van der Waals surface area contributed by atoms with Gasteiger partial charge in [-0.05, 0) is 18.6 Å². The number of hydrogen-bond acceptors (Lipinski definition) is 7. The zero-order chi connectivity index (χ0) is 21.1. The molecule has 1 fully saturated rings. The molecule has 0 N–H and O–H groups in total. The molecule has 30 heavy (non-hydrogen) atoms. The standard InChI is InChI=1S/C21H21N3O4S2/c1-2-11-24(15-8-12-30(26,27)14-15)20(25)19-17(13-29-21-22-9-5-10-23-21)16-6-3-4-7-18(16)28-19/h2-7,9-10,15H,1,8,11-14H2. The molecule has 1 aliphatic heterocycles. The third kappa shape index (κ3) is 4.27. The fourth-order valence-electron chi connectivity index (χ4n) is 3.60. The zero-order valence-electron chi connectivity index (χ0n) is 16.2. The second-order valence-corrected chi connectivity index (χ2v) is 10.2. The highest BCUT2D eigenvalue weighted by molar-refractivity contribution is 7.98. The Morgan fingerprint density at radius 2 is 2.03 bits per heavy atom. The molecule has 1 aromatic carbocycles. The first-order valence-electron chi connectivity index (χ1n) is 9.51. The van der Waals surface area contributed by atoms with Crippen molar-refractivity contribution in [2.75, 3.05) is 18.1 Å². The molecule has 1 amide bonds. The minimum Gasteiger partial charge on any atom is -0.451 e. The SMILES string of the molecule is C=CCN(C(=O)c1oc2ccccc2c1CSc1ncccn1)C1CCS(=O)(=O)C1. The minimum atomic E-state index is -3.13. The van der Waals surface area contributed by atoms with Gasteiger partial charge in [0.1, 0.15) is 5.58 Å². The zero-order valence-corrected chi connectivity index (χ0v) is 17.9. The predicted molar refractivity (Wildman–Crippen MR) is 116 cm³/mol. The summed E-state index contributed by atoms with van der Waals surface area (Å²) in [7, 11) is -3.13. The highest BCUT2D eigenvalue weighted by Crippen LogP contribution is 2.32. The van der Waals surface area contributed by atoms with E-state index < -0.39 is 9.84 Å². The molecule has 0 saturated carbocycles. The van der Waals surface area contributed by atoms with Crippen LogP contribution in [-0.4, -0.2) is 53.3 Å². The summed E-state index contributed by atoms with van der Waals surface area (Å²) in [6.45, 7) is 3.99. The van der Waals surface area contributed by atoms with Gasteiger partial charge in [-0.25, -0.2) is 18.4 Å². The van der Waals surface area contributed by atoms with Gasteiger partial charge in [-0.3, -0.25) is 4.79 Å². The number of carbonyl (C=O) groups is 1. The fourth-order valence-corrected chi connectivity index (χ4v) is 6.16. The first-order chi connectivity index (χ1) is 14.5. The van der Waals surface area contributed by atoms with Crippen molar-refractivity contribution in [1.82, 2.24) is 14.9 Å². The molecule has 1 saturated heterocycles. The number of benzene rings is 1. The molecule has 0 radical (unpaired) electrons. The number of sulfone groups is 1. The van der Waals surface area contributed by atoms with Crippen LogP contribution >= 0.6 is 11.8 Å². The van der Waals surface area contributed by atoms with Crippen LogP contribution in [0.2, 0.25) is 0 Å². The predicted octanol–water partition coefficient (Wildman–Crippen LogP) is 3.33. The molecule has 9 heteroatoms. The lowest BCUT2D eigenvalue weighted by Gasteiger charge is -2.26. The Bertz CT molecular complexity index is 1180. The summed E-state index contributed by atoms with van der Waals surface area (Å²) in [6.07, 6.45) is 5.37. The third-order valence-electron chi connectivity index (χ3n) is 5.02. The van der Waals surface area contributed by atoms with E-state index in [1.165, 1.54) is 11.8 Å². The summed E-state index contributed by atoms with van der Waals surface area (Å²) in [5, 5.41) is 1.45. The van der Waals surface area contributed by atoms with Crippen molar-refractivity contribution in [3.8, 4) is 0 Å². The molecular formula is C21H21N3O4S2. The second-order valence-electron chi connectivity index (χ2n) is 7.03. The number of fused-ring (bicyclic) bond motifs is 1. The molecule has 0 bridgehead atoms. The number of carbonyl (C=O) groups excluding carboxylic acids is 1. The van der Waals surface area contributed by atoms with E-state index in [1.807, 2.05) is 24.3 Å². The average Bonchev–Trinajstić information content (AvgIpc) is 3.30. The van der Waals surface area contributed by atoms with Crippen LogP contribution in [0.3, 0.4) is 0 Å². The van der Waals surface area contributed by atoms with Crippen LogP contribution < -0.4 is 0 Å². The molecule has 7 nitrogen and oxygen atoms in total. The van der Waals surface area contributed by atoms with Crippen LogP contribution in [0.5, 0.6) is 0 Å². The summed E-state index contributed by atoms with van der Waals surface area (Å²) in [5.41, 5.74) is 1.37. The number of aromatic nitrogens is 2. The lowest BCUT2D eigenvalue weighted by atomic mass is 10.1. The molecule has 0 aliphatic carbocycles. The third-order valence-corrected chi connectivity index (χ3v) is 7.67. The quantitative estimate of drug-likeness (QED) is 0.314. The molecule has 3 aromatic rings. The minimum absolute atomic E-state index is 0.0330. The van der Waals surface area contributed by atoms with Crippen molar-refractivity contribution < 1.29 is 17.6 Å². The first-order valence-corrected chi connectivity index (χ1v) is 12.3. The van der Waals surface area contributed by atoms with Gasteiger partial charge in [0.15, 0.2) is 20.8 Å². The molecule has 0 spiro atoms. The molecule has 1 aliphatic rings. The summed E-state index contributed by atoms with van der Waals surface area (Å²) in [6, 6.07) is 8.83. The van der Waals surface area contributed by atoms with Crippen molar-refractivity contribution in [3.05, 3.63) is 66.7 Å². The Morgan fingerprint density at radius 1 is 1.27 bits per heavy atom. The monoisotopic (exact) mass is 443 g/mol. The maximum atomic E-state index is 13.5. The number of furan rings is 1. The summed E-state index contributed by atoms with van der Waals surface area (Å²) in [5.74, 6) is 0.415. The number of nitrogens with zero attached hydrogens (tertiary/aromatic N) is 3. The maximum absolute atomic E-state index is 13.5. The molecule has 3 heterocycles. The number of amides is 1. The Labute approximate surface area is 179 Å². The van der Waals surface area contributed by atoms with Crippen molar-refractivity contribution in [3.63, 3.8) is 0 Å². The Kier molecular flexibility index (Phi) is 5.92. The highest BCUT2D eigenvalue weighted by Gasteiger charge is 2.36. The smallest absolute Gasteiger partial charge is 0.290 e. The molecule has 156 valence electrons. The normalized spacial score (nSPS) is 17.8. The molecular weight excluding hydrogens is 422 g/mol. The maximum Gasteiger partial charge on any atom is 0.290 e. The van der Waals surface area contributed by atoms with E-state index in [1.54, 1.807) is 29.4 Å². The first kappa shape index (κ1) is 20.6. The van der Waals surface area contributed by atoms with E-state index in [-0.39, 0.29) is 35.8 Å². The summed E-state index contributed by atoms with van der Waals surface area (Å²) < 4.78 is 29.9. The number of rotatable bonds is 7. The van der Waals surface area contributed by atoms with Gasteiger partial charge in [0.05, 0.1) is 11.5 Å². The van der Waals surface area contributed by atoms with Crippen molar-refractivity contribution in [1.29, 1.82) is 0 Å². The molecule has 1 atom stereocenters. The van der Waals surface area contributed by atoms with Crippen LogP contribution in [0.25, 0.3) is 11.0 Å². The van der Waals surface area contributed by atoms with Gasteiger partial charge >= 0.3 is 0 Å². The Hall–Kier alpha value is -2.65. The topological polar surface area (TPSA) is 93.4 Å². The summed E-state index contributed by atoms with van der Waals surface area (Å²) >= 11 is 1.41. The van der Waals surface area contributed by atoms with Gasteiger partial charge in [0.25, 0.3) is 5.91 Å². The van der Waals surface area contributed by atoms with Gasteiger partial charge < -0.3 is 9.32 Å². The van der Waals surface area contributed by atoms with Crippen molar-refractivity contribution in [2.45, 2.75) is 23.4 Å². The van der Waals surface area contributed by atoms with Crippen LogP contribution in [0, 0.1) is 0 Å². The van der Waals surface area contributed by atoms with E-state index in [4.69, 9.17) is 4.42 Å². The van der Waals surface area contributed by atoms with E-state index >= 15 is 0 Å². The highest BCUT2D eigenvalue weighted by atomic mass is 32.2. The van der Waals surface area contributed by atoms with Crippen LogP contribution in [0.4, 0.5) is 0 Å². The second kappa shape index (κ2) is 8.61. The van der Waals surface area contributed by atoms with Gasteiger partial charge in [0, 0.05) is 41.7 Å². The van der Waals surface area contributed by atoms with Crippen LogP contribution in [0.15, 0.2) is 65.0 Å². The fraction of sp³-hybridized carbons (Fsp3) is 0.286. The van der Waals surface area contributed by atoms with Gasteiger partial charge in [-0.1, -0.05) is 36.0 Å². The number of thioether (sulfide) groups is 1. The van der Waals surface area contributed by atoms with E-state index in [9.17, 15) is 13.2 Å². The largest absolute Gasteiger partial charge is 0.451 e. The van der Waals surface area contributed by atoms with Gasteiger partial charge in [-0.2, -0.15) is 0 Å².